The summed E-state index contributed by atoms with van der Waals surface area (Å²) >= 11 is 0. The molecule has 2 aromatic carbocycles. The van der Waals surface area contributed by atoms with Gasteiger partial charge in [0.05, 0.1) is 19.1 Å². The molecular formula is C29H29N3O3. The first-order valence-electron chi connectivity index (χ1n) is 12.2. The normalized spacial score (nSPS) is 19.1. The van der Waals surface area contributed by atoms with Crippen molar-refractivity contribution in [1.82, 2.24) is 14.0 Å². The number of rotatable bonds is 2. The smallest absolute Gasteiger partial charge is 0.172 e. The lowest BCUT2D eigenvalue weighted by molar-refractivity contribution is -0.119. The Balaban J connectivity index is 1.62. The van der Waals surface area contributed by atoms with Gasteiger partial charge >= 0.3 is 0 Å². The van der Waals surface area contributed by atoms with Crippen LogP contribution in [-0.4, -0.2) is 59.0 Å². The maximum Gasteiger partial charge on any atom is 0.172 e. The van der Waals surface area contributed by atoms with Crippen LogP contribution in [0.25, 0.3) is 33.0 Å². The summed E-state index contributed by atoms with van der Waals surface area (Å²) in [5.41, 5.74) is 4.92. The number of aryl methyl sites for hydroxylation is 1. The number of carbonyl (C=O) groups is 2. The van der Waals surface area contributed by atoms with E-state index in [-0.39, 0.29) is 24.1 Å². The molecule has 0 fully saturated rings. The highest BCUT2D eigenvalue weighted by Gasteiger charge is 2.35. The van der Waals surface area contributed by atoms with Crippen LogP contribution in [-0.2, 0) is 27.4 Å². The summed E-state index contributed by atoms with van der Waals surface area (Å²) in [7, 11) is 4.14. The van der Waals surface area contributed by atoms with Gasteiger partial charge in [-0.05, 0) is 32.6 Å². The van der Waals surface area contributed by atoms with Gasteiger partial charge in [0.1, 0.15) is 0 Å². The van der Waals surface area contributed by atoms with Crippen LogP contribution in [0.1, 0.15) is 24.0 Å². The minimum atomic E-state index is -0.0980. The molecule has 0 saturated heterocycles. The zero-order valence-corrected chi connectivity index (χ0v) is 20.2. The van der Waals surface area contributed by atoms with Gasteiger partial charge in [0.15, 0.2) is 11.6 Å². The highest BCUT2D eigenvalue weighted by atomic mass is 16.5. The molecule has 0 amide bonds. The molecule has 0 spiro atoms. The summed E-state index contributed by atoms with van der Waals surface area (Å²) in [5.74, 6) is -0.190. The van der Waals surface area contributed by atoms with Crippen molar-refractivity contribution >= 4 is 44.5 Å². The van der Waals surface area contributed by atoms with Crippen LogP contribution in [0.4, 0.5) is 0 Å². The van der Waals surface area contributed by atoms with Gasteiger partial charge < -0.3 is 18.8 Å². The van der Waals surface area contributed by atoms with E-state index in [1.807, 2.05) is 36.5 Å². The van der Waals surface area contributed by atoms with Crippen molar-refractivity contribution in [3.63, 3.8) is 0 Å². The number of ketones is 2. The Morgan fingerprint density at radius 1 is 0.829 bits per heavy atom. The van der Waals surface area contributed by atoms with Crippen molar-refractivity contribution in [3.05, 3.63) is 72.1 Å². The molecule has 0 N–H and O–H groups in total. The number of Topliss-reactive ketones (excluding diaryl/α,β-unsaturated/α-hetero) is 2. The van der Waals surface area contributed by atoms with E-state index < -0.39 is 0 Å². The van der Waals surface area contributed by atoms with Gasteiger partial charge in [-0.15, -0.1) is 0 Å². The van der Waals surface area contributed by atoms with E-state index in [0.29, 0.717) is 24.3 Å². The lowest BCUT2D eigenvalue weighted by Gasteiger charge is -2.22. The highest BCUT2D eigenvalue weighted by Crippen LogP contribution is 2.41. The van der Waals surface area contributed by atoms with E-state index in [4.69, 9.17) is 4.74 Å². The number of para-hydroxylation sites is 2. The second-order valence-electron chi connectivity index (χ2n) is 9.82. The average Bonchev–Trinajstić information content (AvgIpc) is 3.47. The number of benzene rings is 2. The molecule has 2 aliphatic rings. The third-order valence-corrected chi connectivity index (χ3v) is 7.19. The van der Waals surface area contributed by atoms with Crippen LogP contribution >= 0.6 is 0 Å². The largest absolute Gasteiger partial charge is 0.375 e. The molecule has 178 valence electrons. The minimum Gasteiger partial charge on any atom is -0.375 e. The predicted molar refractivity (Wildman–Crippen MR) is 138 cm³/mol. The molecule has 1 aliphatic heterocycles. The average molecular weight is 468 g/mol. The van der Waals surface area contributed by atoms with Crippen molar-refractivity contribution in [2.75, 3.05) is 27.2 Å². The van der Waals surface area contributed by atoms with Crippen LogP contribution in [0.5, 0.6) is 0 Å². The third kappa shape index (κ3) is 3.74. The van der Waals surface area contributed by atoms with Crippen LogP contribution in [0.3, 0.4) is 0 Å². The van der Waals surface area contributed by atoms with E-state index in [9.17, 15) is 9.59 Å². The SMILES string of the molecule is CN(C)CC1CCn2cc(c3ccccc32)C2=C(C(=O)CC2=O)c2cn(c3ccccc23)CCO1. The maximum absolute atomic E-state index is 13.3. The van der Waals surface area contributed by atoms with Gasteiger partial charge in [0.25, 0.3) is 0 Å². The van der Waals surface area contributed by atoms with Gasteiger partial charge in [0.2, 0.25) is 0 Å². The Morgan fingerprint density at radius 2 is 1.37 bits per heavy atom. The molecule has 35 heavy (non-hydrogen) atoms. The van der Waals surface area contributed by atoms with Gasteiger partial charge in [0, 0.05) is 76.1 Å². The Kier molecular flexibility index (Phi) is 5.43. The number of nitrogens with zero attached hydrogens (tertiary/aromatic N) is 3. The molecule has 4 bridgehead atoms. The maximum atomic E-state index is 13.3. The second-order valence-corrected chi connectivity index (χ2v) is 9.82. The van der Waals surface area contributed by atoms with Gasteiger partial charge in [-0.3, -0.25) is 9.59 Å². The number of fused-ring (bicyclic) bond motifs is 12. The molecular weight excluding hydrogens is 438 g/mol. The first-order chi connectivity index (χ1) is 17.0. The highest BCUT2D eigenvalue weighted by molar-refractivity contribution is 6.52. The molecule has 4 aromatic rings. The number of likely N-dealkylation sites (N-methyl/N-ethyl adjacent to an activating group) is 1. The van der Waals surface area contributed by atoms with Crippen LogP contribution in [0.15, 0.2) is 60.9 Å². The molecule has 2 aromatic heterocycles. The molecule has 6 heteroatoms. The van der Waals surface area contributed by atoms with E-state index in [1.165, 1.54) is 0 Å². The number of hydrogen-bond acceptors (Lipinski definition) is 4. The summed E-state index contributed by atoms with van der Waals surface area (Å²) in [6.45, 7) is 2.87. The van der Waals surface area contributed by atoms with Crippen LogP contribution in [0, 0.1) is 0 Å². The molecule has 0 saturated carbocycles. The van der Waals surface area contributed by atoms with E-state index in [1.54, 1.807) is 0 Å². The molecule has 1 atom stereocenters. The zero-order valence-electron chi connectivity index (χ0n) is 20.2. The van der Waals surface area contributed by atoms with E-state index >= 15 is 0 Å². The van der Waals surface area contributed by atoms with Crippen LogP contribution in [0.2, 0.25) is 0 Å². The van der Waals surface area contributed by atoms with Crippen molar-refractivity contribution in [1.29, 1.82) is 0 Å². The quantitative estimate of drug-likeness (QED) is 0.410. The topological polar surface area (TPSA) is 56.5 Å². The Morgan fingerprint density at radius 3 is 1.94 bits per heavy atom. The number of carbonyl (C=O) groups excluding carboxylic acids is 2. The molecule has 1 aliphatic carbocycles. The fraction of sp³-hybridized carbons (Fsp3) is 0.310. The van der Waals surface area contributed by atoms with Crippen molar-refractivity contribution in [2.45, 2.75) is 32.0 Å². The lowest BCUT2D eigenvalue weighted by Crippen LogP contribution is -2.30. The number of allylic oxidation sites excluding steroid dienone is 2. The van der Waals surface area contributed by atoms with Crippen molar-refractivity contribution in [2.24, 2.45) is 0 Å². The Bertz CT molecular complexity index is 1500. The zero-order chi connectivity index (χ0) is 24.1. The summed E-state index contributed by atoms with van der Waals surface area (Å²) in [6, 6.07) is 16.3. The molecule has 6 nitrogen and oxygen atoms in total. The predicted octanol–water partition coefficient (Wildman–Crippen LogP) is 4.40. The van der Waals surface area contributed by atoms with Crippen molar-refractivity contribution < 1.29 is 14.3 Å². The minimum absolute atomic E-state index is 0.0717. The third-order valence-electron chi connectivity index (χ3n) is 7.19. The molecule has 0 radical (unpaired) electrons. The summed E-state index contributed by atoms with van der Waals surface area (Å²) in [5, 5.41) is 2.00. The van der Waals surface area contributed by atoms with Gasteiger partial charge in [-0.25, -0.2) is 0 Å². The molecule has 3 heterocycles. The molecule has 6 rings (SSSR count). The fourth-order valence-corrected chi connectivity index (χ4v) is 5.67. The first kappa shape index (κ1) is 22.0. The summed E-state index contributed by atoms with van der Waals surface area (Å²) in [6.07, 6.45) is 4.97. The number of hydrogen-bond donors (Lipinski definition) is 0. The van der Waals surface area contributed by atoms with E-state index in [2.05, 4.69) is 52.5 Å². The van der Waals surface area contributed by atoms with Gasteiger partial charge in [-0.2, -0.15) is 0 Å². The Hall–Kier alpha value is -3.48. The first-order valence-corrected chi connectivity index (χ1v) is 12.2. The molecule has 1 unspecified atom stereocenters. The van der Waals surface area contributed by atoms with Crippen molar-refractivity contribution in [3.8, 4) is 0 Å². The fourth-order valence-electron chi connectivity index (χ4n) is 5.67. The Labute approximate surface area is 204 Å². The van der Waals surface area contributed by atoms with Gasteiger partial charge in [-0.1, -0.05) is 36.4 Å². The second kappa shape index (κ2) is 8.63. The number of aromatic nitrogens is 2. The summed E-state index contributed by atoms with van der Waals surface area (Å²) < 4.78 is 10.8. The monoisotopic (exact) mass is 467 g/mol. The number of ether oxygens (including phenoxy) is 1. The summed E-state index contributed by atoms with van der Waals surface area (Å²) in [4.78, 5) is 28.8. The lowest BCUT2D eigenvalue weighted by atomic mass is 9.95. The van der Waals surface area contributed by atoms with E-state index in [0.717, 1.165) is 52.4 Å². The van der Waals surface area contributed by atoms with Crippen LogP contribution < -0.4 is 0 Å². The standard InChI is InChI=1S/C29H29N3O3/c1-30(2)16-19-11-12-31-17-22(20-7-3-5-9-24(20)31)28-26(33)15-27(34)29(28)23-18-32(13-14-35-19)25-10-6-4-8-21(23)25/h3-10,17-19H,11-16H2,1-2H3.